The molecule has 0 saturated carbocycles. The van der Waals surface area contributed by atoms with Gasteiger partial charge in [-0.15, -0.1) is 0 Å². The minimum Gasteiger partial charge on any atom is -0.444 e. The van der Waals surface area contributed by atoms with E-state index < -0.39 is 30.7 Å². The Morgan fingerprint density at radius 3 is 1.68 bits per heavy atom. The van der Waals surface area contributed by atoms with Gasteiger partial charge in [0, 0.05) is 0 Å². The third-order valence-corrected chi connectivity index (χ3v) is 4.43. The van der Waals surface area contributed by atoms with Gasteiger partial charge in [-0.3, -0.25) is 13.6 Å². The van der Waals surface area contributed by atoms with Gasteiger partial charge in [0.1, 0.15) is 5.60 Å². The zero-order valence-electron chi connectivity index (χ0n) is 17.4. The second-order valence-corrected chi connectivity index (χ2v) is 10.4. The van der Waals surface area contributed by atoms with E-state index >= 15 is 0 Å². The van der Waals surface area contributed by atoms with Gasteiger partial charge in [0.25, 0.3) is 0 Å². The predicted octanol–water partition coefficient (Wildman–Crippen LogP) is 5.04. The molecule has 0 unspecified atom stereocenters. The van der Waals surface area contributed by atoms with E-state index in [1.54, 1.807) is 62.3 Å². The molecule has 0 aromatic carbocycles. The fraction of sp³-hybridized carbons (Fsp3) is 0.941. The Bertz CT molecular complexity index is 453. The van der Waals surface area contributed by atoms with Crippen molar-refractivity contribution in [1.82, 2.24) is 5.32 Å². The van der Waals surface area contributed by atoms with Crippen LogP contribution in [0.25, 0.3) is 0 Å². The van der Waals surface area contributed by atoms with Crippen LogP contribution in [-0.2, 0) is 22.9 Å². The van der Waals surface area contributed by atoms with Crippen LogP contribution in [0.4, 0.5) is 4.79 Å². The molecule has 0 heterocycles. The fourth-order valence-corrected chi connectivity index (χ4v) is 3.51. The molecule has 0 aliphatic carbocycles. The number of ether oxygens (including phenoxy) is 1. The third-order valence-electron chi connectivity index (χ3n) is 2.42. The van der Waals surface area contributed by atoms with E-state index in [9.17, 15) is 9.36 Å². The highest BCUT2D eigenvalue weighted by Gasteiger charge is 2.37. The van der Waals surface area contributed by atoms with Crippen LogP contribution in [0.5, 0.6) is 0 Å². The molecule has 0 aliphatic heterocycles. The van der Waals surface area contributed by atoms with E-state index in [-0.39, 0.29) is 12.6 Å². The summed E-state index contributed by atoms with van der Waals surface area (Å²) in [7, 11) is -3.81. The topological polar surface area (TPSA) is 83.1 Å². The molecular formula is C17H36NO6P. The van der Waals surface area contributed by atoms with Gasteiger partial charge in [-0.05, 0) is 68.7 Å². The van der Waals surface area contributed by atoms with Crippen LogP contribution >= 0.6 is 7.82 Å². The molecule has 0 saturated heterocycles. The van der Waals surface area contributed by atoms with Crippen LogP contribution in [0.1, 0.15) is 75.7 Å². The molecule has 1 atom stereocenters. The Morgan fingerprint density at radius 1 is 0.920 bits per heavy atom. The average molecular weight is 381 g/mol. The molecule has 0 aromatic rings. The van der Waals surface area contributed by atoms with Crippen molar-refractivity contribution in [3.05, 3.63) is 0 Å². The van der Waals surface area contributed by atoms with Crippen molar-refractivity contribution in [2.24, 2.45) is 0 Å². The maximum absolute atomic E-state index is 13.0. The molecule has 25 heavy (non-hydrogen) atoms. The molecule has 1 N–H and O–H groups in total. The Kier molecular flexibility index (Phi) is 8.63. The molecule has 0 spiro atoms. The van der Waals surface area contributed by atoms with Gasteiger partial charge >= 0.3 is 13.9 Å². The Hall–Kier alpha value is -0.620. The highest BCUT2D eigenvalue weighted by Crippen LogP contribution is 2.55. The monoisotopic (exact) mass is 381 g/mol. The lowest BCUT2D eigenvalue weighted by Crippen LogP contribution is -2.41. The fourth-order valence-electron chi connectivity index (χ4n) is 1.66. The Balaban J connectivity index is 4.94. The van der Waals surface area contributed by atoms with Gasteiger partial charge in [-0.2, -0.15) is 0 Å². The number of hydrogen-bond donors (Lipinski definition) is 1. The number of carbonyl (C=O) groups is 1. The lowest BCUT2D eigenvalue weighted by Gasteiger charge is -2.32. The zero-order chi connectivity index (χ0) is 20.1. The molecule has 0 aliphatic rings. The summed E-state index contributed by atoms with van der Waals surface area (Å²) in [6.07, 6.45) is 0.0239. The van der Waals surface area contributed by atoms with Crippen molar-refractivity contribution in [2.45, 2.75) is 98.5 Å². The summed E-state index contributed by atoms with van der Waals surface area (Å²) >= 11 is 0. The van der Waals surface area contributed by atoms with Crippen molar-refractivity contribution in [2.75, 3.05) is 6.61 Å². The summed E-state index contributed by atoms with van der Waals surface area (Å²) in [4.78, 5) is 11.9. The van der Waals surface area contributed by atoms with Gasteiger partial charge in [0.05, 0.1) is 23.9 Å². The lowest BCUT2D eigenvalue weighted by molar-refractivity contribution is -0.000744. The predicted molar refractivity (Wildman–Crippen MR) is 98.7 cm³/mol. The molecule has 0 fully saturated rings. The van der Waals surface area contributed by atoms with Crippen LogP contribution in [0.15, 0.2) is 0 Å². The van der Waals surface area contributed by atoms with Crippen molar-refractivity contribution in [3.63, 3.8) is 0 Å². The smallest absolute Gasteiger partial charge is 0.444 e. The highest BCUT2D eigenvalue weighted by atomic mass is 31.2. The number of carbonyl (C=O) groups excluding carboxylic acids is 1. The first-order valence-electron chi connectivity index (χ1n) is 8.60. The van der Waals surface area contributed by atoms with Crippen molar-refractivity contribution in [3.8, 4) is 0 Å². The summed E-state index contributed by atoms with van der Waals surface area (Å²) in [5.74, 6) is 0. The van der Waals surface area contributed by atoms with Crippen molar-refractivity contribution < 1.29 is 27.7 Å². The highest BCUT2D eigenvalue weighted by molar-refractivity contribution is 7.48. The minimum atomic E-state index is -3.81. The van der Waals surface area contributed by atoms with Gasteiger partial charge < -0.3 is 10.1 Å². The molecule has 150 valence electrons. The molecule has 1 amide bonds. The van der Waals surface area contributed by atoms with Crippen LogP contribution in [-0.4, -0.2) is 35.5 Å². The summed E-state index contributed by atoms with van der Waals surface area (Å²) in [5.41, 5.74) is -2.01. The molecule has 0 radical (unpaired) electrons. The number of alkyl carbamates (subject to hydrolysis) is 1. The number of phosphoric ester groups is 1. The van der Waals surface area contributed by atoms with Gasteiger partial charge in [0.15, 0.2) is 0 Å². The molecule has 8 heteroatoms. The normalized spacial score (nSPS) is 15.0. The van der Waals surface area contributed by atoms with E-state index in [4.69, 9.17) is 18.3 Å². The summed E-state index contributed by atoms with van der Waals surface area (Å²) in [5, 5.41) is 2.70. The quantitative estimate of drug-likeness (QED) is 0.622. The van der Waals surface area contributed by atoms with E-state index in [0.29, 0.717) is 6.42 Å². The van der Waals surface area contributed by atoms with Gasteiger partial charge in [-0.25, -0.2) is 9.36 Å². The SMILES string of the molecule is CC[C@@H](COP(=O)(OC(C)(C)C)OC(C)(C)C)NC(=O)OC(C)(C)C. The number of rotatable bonds is 7. The van der Waals surface area contributed by atoms with Crippen LogP contribution in [0, 0.1) is 0 Å². The van der Waals surface area contributed by atoms with Crippen molar-refractivity contribution >= 4 is 13.9 Å². The summed E-state index contributed by atoms with van der Waals surface area (Å²) in [6, 6.07) is -0.379. The summed E-state index contributed by atoms with van der Waals surface area (Å²) < 4.78 is 34.8. The Labute approximate surface area is 152 Å². The number of hydrogen-bond acceptors (Lipinski definition) is 6. The molecular weight excluding hydrogens is 345 g/mol. The van der Waals surface area contributed by atoms with E-state index in [0.717, 1.165) is 0 Å². The van der Waals surface area contributed by atoms with E-state index in [1.807, 2.05) is 6.92 Å². The van der Waals surface area contributed by atoms with Crippen LogP contribution in [0.3, 0.4) is 0 Å². The second-order valence-electron chi connectivity index (χ2n) is 8.90. The molecule has 0 bridgehead atoms. The first-order valence-corrected chi connectivity index (χ1v) is 10.1. The molecule has 0 aromatic heterocycles. The van der Waals surface area contributed by atoms with Crippen LogP contribution in [0.2, 0.25) is 0 Å². The number of phosphoric acid groups is 1. The van der Waals surface area contributed by atoms with Crippen molar-refractivity contribution in [1.29, 1.82) is 0 Å². The first kappa shape index (κ1) is 24.4. The van der Waals surface area contributed by atoms with Gasteiger partial charge in [-0.1, -0.05) is 6.92 Å². The summed E-state index contributed by atoms with van der Waals surface area (Å²) in [6.45, 7) is 17.8. The second kappa shape index (κ2) is 8.85. The third kappa shape index (κ3) is 13.3. The lowest BCUT2D eigenvalue weighted by atomic mass is 10.2. The minimum absolute atomic E-state index is 0.0147. The maximum atomic E-state index is 13.0. The standard InChI is InChI=1S/C17H36NO6P/c1-11-13(18-14(19)22-15(2,3)4)12-21-25(20,23-16(5,6)7)24-17(8,9)10/h13H,11-12H2,1-10H3,(H,18,19)/t13-/m0/s1. The molecule has 7 nitrogen and oxygen atoms in total. The number of amides is 1. The van der Waals surface area contributed by atoms with Crippen LogP contribution < -0.4 is 5.32 Å². The van der Waals surface area contributed by atoms with E-state index in [2.05, 4.69) is 5.32 Å². The largest absolute Gasteiger partial charge is 0.475 e. The average Bonchev–Trinajstić information content (AvgIpc) is 2.27. The zero-order valence-corrected chi connectivity index (χ0v) is 18.3. The molecule has 0 rings (SSSR count). The number of nitrogens with one attached hydrogen (secondary N) is 1. The van der Waals surface area contributed by atoms with Gasteiger partial charge in [0.2, 0.25) is 0 Å². The Morgan fingerprint density at radius 2 is 1.36 bits per heavy atom. The maximum Gasteiger partial charge on any atom is 0.475 e. The van der Waals surface area contributed by atoms with E-state index in [1.165, 1.54) is 0 Å². The first-order chi connectivity index (χ1) is 10.9.